The number of carbonyl (C=O) groups is 1. The molecule has 0 saturated carbocycles. The van der Waals surface area contributed by atoms with Crippen molar-refractivity contribution >= 4 is 23.0 Å². The van der Waals surface area contributed by atoms with Crippen LogP contribution in [0.4, 0.5) is 0 Å². The smallest absolute Gasteiger partial charge is 0.312 e. The second kappa shape index (κ2) is 5.36. The van der Waals surface area contributed by atoms with E-state index in [2.05, 4.69) is 10.1 Å². The third-order valence-corrected chi connectivity index (χ3v) is 2.90. The van der Waals surface area contributed by atoms with Gasteiger partial charge in [-0.2, -0.15) is 0 Å². The van der Waals surface area contributed by atoms with Crippen LogP contribution in [0.5, 0.6) is 0 Å². The Labute approximate surface area is 103 Å². The van der Waals surface area contributed by atoms with Gasteiger partial charge >= 0.3 is 5.97 Å². The van der Waals surface area contributed by atoms with Crippen molar-refractivity contribution in [1.82, 2.24) is 4.98 Å². The fourth-order valence-corrected chi connectivity index (χ4v) is 1.76. The Morgan fingerprint density at radius 1 is 1.35 bits per heavy atom. The zero-order valence-electron chi connectivity index (χ0n) is 9.16. The summed E-state index contributed by atoms with van der Waals surface area (Å²) >= 11 is 1.45. The monoisotopic (exact) mass is 246 g/mol. The first-order valence-corrected chi connectivity index (χ1v) is 5.86. The largest absolute Gasteiger partial charge is 0.365 e. The van der Waals surface area contributed by atoms with Crippen LogP contribution in [0.15, 0.2) is 47.1 Å². The maximum Gasteiger partial charge on any atom is 0.365 e. The summed E-state index contributed by atoms with van der Waals surface area (Å²) in [7, 11) is 0. The molecule has 0 saturated heterocycles. The molecule has 0 bridgehead atoms. The molecule has 0 N–H and O–H groups in total. The molecule has 0 aliphatic rings. The van der Waals surface area contributed by atoms with Gasteiger partial charge in [-0.1, -0.05) is 23.4 Å². The van der Waals surface area contributed by atoms with Crippen molar-refractivity contribution in [3.05, 3.63) is 52.5 Å². The zero-order chi connectivity index (χ0) is 12.1. The number of oxime groups is 1. The Morgan fingerprint density at radius 3 is 2.76 bits per heavy atom. The highest BCUT2D eigenvalue weighted by Gasteiger charge is 2.07. The highest BCUT2D eigenvalue weighted by atomic mass is 32.1. The van der Waals surface area contributed by atoms with Gasteiger partial charge < -0.3 is 4.84 Å². The van der Waals surface area contributed by atoms with Crippen LogP contribution in [0.2, 0.25) is 0 Å². The summed E-state index contributed by atoms with van der Waals surface area (Å²) in [6, 6.07) is 8.73. The molecule has 0 unspecified atom stereocenters. The molecule has 2 rings (SSSR count). The number of hydrogen-bond donors (Lipinski definition) is 0. The third-order valence-electron chi connectivity index (χ3n) is 2.02. The van der Waals surface area contributed by atoms with Crippen molar-refractivity contribution in [2.45, 2.75) is 6.92 Å². The quantitative estimate of drug-likeness (QED) is 0.475. The van der Waals surface area contributed by atoms with Crippen LogP contribution in [-0.2, 0) is 4.84 Å². The molecule has 1 heterocycles. The first-order valence-electron chi connectivity index (χ1n) is 4.98. The number of carbonyl (C=O) groups excluding carboxylic acids is 1. The van der Waals surface area contributed by atoms with Crippen molar-refractivity contribution in [3.63, 3.8) is 0 Å². The molecule has 2 aromatic rings. The Balaban J connectivity index is 2.04. The zero-order valence-corrected chi connectivity index (χ0v) is 9.98. The minimum Gasteiger partial charge on any atom is -0.312 e. The van der Waals surface area contributed by atoms with Crippen LogP contribution in [0.3, 0.4) is 0 Å². The number of hydrogen-bond acceptors (Lipinski definition) is 5. The Kier molecular flexibility index (Phi) is 3.62. The van der Waals surface area contributed by atoms with E-state index in [4.69, 9.17) is 4.84 Å². The minimum atomic E-state index is -0.471. The summed E-state index contributed by atoms with van der Waals surface area (Å²) < 4.78 is 0. The molecule has 0 aliphatic carbocycles. The summed E-state index contributed by atoms with van der Waals surface area (Å²) in [5.41, 5.74) is 1.06. The summed E-state index contributed by atoms with van der Waals surface area (Å²) in [6.07, 6.45) is 1.68. The average molecular weight is 246 g/mol. The van der Waals surface area contributed by atoms with Crippen LogP contribution in [0, 0.1) is 0 Å². The lowest BCUT2D eigenvalue weighted by atomic mass is 10.2. The molecular formula is C12H10N2O2S. The summed E-state index contributed by atoms with van der Waals surface area (Å²) in [4.78, 5) is 20.5. The lowest BCUT2D eigenvalue weighted by Gasteiger charge is -1.98. The predicted molar refractivity (Wildman–Crippen MR) is 66.2 cm³/mol. The lowest BCUT2D eigenvalue weighted by molar-refractivity contribution is 0.0516. The van der Waals surface area contributed by atoms with Crippen LogP contribution < -0.4 is 0 Å². The second-order valence-electron chi connectivity index (χ2n) is 3.26. The Bertz CT molecular complexity index is 521. The van der Waals surface area contributed by atoms with E-state index in [0.717, 1.165) is 5.01 Å². The van der Waals surface area contributed by atoms with E-state index in [1.165, 1.54) is 11.3 Å². The summed E-state index contributed by atoms with van der Waals surface area (Å²) in [5.74, 6) is -0.471. The standard InChI is InChI=1S/C12H10N2O2S/c1-9(11-13-7-8-17-11)14-16-12(15)10-5-3-2-4-6-10/h2-8H,1H3. The van der Waals surface area contributed by atoms with E-state index in [9.17, 15) is 4.79 Å². The predicted octanol–water partition coefficient (Wildman–Crippen LogP) is 2.72. The van der Waals surface area contributed by atoms with Crippen LogP contribution in [0.25, 0.3) is 0 Å². The molecule has 86 valence electrons. The molecule has 0 amide bonds. The van der Waals surface area contributed by atoms with Crippen LogP contribution >= 0.6 is 11.3 Å². The normalized spacial score (nSPS) is 11.2. The van der Waals surface area contributed by atoms with E-state index in [1.54, 1.807) is 37.4 Å². The molecule has 4 nitrogen and oxygen atoms in total. The number of aromatic nitrogens is 1. The number of nitrogens with zero attached hydrogens (tertiary/aromatic N) is 2. The highest BCUT2D eigenvalue weighted by Crippen LogP contribution is 2.07. The van der Waals surface area contributed by atoms with Gasteiger partial charge in [0.2, 0.25) is 0 Å². The van der Waals surface area contributed by atoms with Gasteiger partial charge in [-0.25, -0.2) is 9.78 Å². The number of thiazole rings is 1. The topological polar surface area (TPSA) is 51.5 Å². The van der Waals surface area contributed by atoms with Gasteiger partial charge in [-0.05, 0) is 19.1 Å². The highest BCUT2D eigenvalue weighted by molar-refractivity contribution is 7.11. The van der Waals surface area contributed by atoms with Gasteiger partial charge in [-0.3, -0.25) is 0 Å². The van der Waals surface area contributed by atoms with Crippen LogP contribution in [-0.4, -0.2) is 16.7 Å². The van der Waals surface area contributed by atoms with E-state index < -0.39 is 5.97 Å². The first-order chi connectivity index (χ1) is 8.27. The number of rotatable bonds is 3. The fraction of sp³-hybridized carbons (Fsp3) is 0.0833. The van der Waals surface area contributed by atoms with Gasteiger partial charge in [-0.15, -0.1) is 11.3 Å². The molecule has 1 aromatic heterocycles. The molecule has 0 spiro atoms. The van der Waals surface area contributed by atoms with Crippen molar-refractivity contribution in [2.75, 3.05) is 0 Å². The maximum atomic E-state index is 11.6. The molecule has 0 fully saturated rings. The van der Waals surface area contributed by atoms with E-state index in [-0.39, 0.29) is 0 Å². The van der Waals surface area contributed by atoms with E-state index in [0.29, 0.717) is 11.3 Å². The Morgan fingerprint density at radius 2 is 2.12 bits per heavy atom. The van der Waals surface area contributed by atoms with Gasteiger partial charge in [0.25, 0.3) is 0 Å². The summed E-state index contributed by atoms with van der Waals surface area (Å²) in [5, 5.41) is 6.34. The number of benzene rings is 1. The fourth-order valence-electron chi connectivity index (χ4n) is 1.18. The van der Waals surface area contributed by atoms with Crippen molar-refractivity contribution in [2.24, 2.45) is 5.16 Å². The van der Waals surface area contributed by atoms with Gasteiger partial charge in [0.1, 0.15) is 10.7 Å². The van der Waals surface area contributed by atoms with E-state index >= 15 is 0 Å². The average Bonchev–Trinajstić information content (AvgIpc) is 2.90. The summed E-state index contributed by atoms with van der Waals surface area (Å²) in [6.45, 7) is 1.75. The third kappa shape index (κ3) is 2.98. The SMILES string of the molecule is CC(=NOC(=O)c1ccccc1)c1nccs1. The first kappa shape index (κ1) is 11.5. The molecule has 17 heavy (non-hydrogen) atoms. The van der Waals surface area contributed by atoms with Crippen molar-refractivity contribution in [1.29, 1.82) is 0 Å². The van der Waals surface area contributed by atoms with Gasteiger partial charge in [0, 0.05) is 11.6 Å². The van der Waals surface area contributed by atoms with Gasteiger partial charge in [0.15, 0.2) is 0 Å². The molecule has 0 aliphatic heterocycles. The van der Waals surface area contributed by atoms with Crippen molar-refractivity contribution < 1.29 is 9.63 Å². The molecular weight excluding hydrogens is 236 g/mol. The van der Waals surface area contributed by atoms with Crippen molar-refractivity contribution in [3.8, 4) is 0 Å². The van der Waals surface area contributed by atoms with E-state index in [1.807, 2.05) is 11.4 Å². The molecule has 5 heteroatoms. The minimum absolute atomic E-state index is 0.471. The van der Waals surface area contributed by atoms with Gasteiger partial charge in [0.05, 0.1) is 5.56 Å². The lowest BCUT2D eigenvalue weighted by Crippen LogP contribution is -2.03. The molecule has 0 radical (unpaired) electrons. The second-order valence-corrected chi connectivity index (χ2v) is 4.15. The van der Waals surface area contributed by atoms with Crippen LogP contribution in [0.1, 0.15) is 22.3 Å². The molecule has 1 aromatic carbocycles. The molecule has 0 atom stereocenters. The maximum absolute atomic E-state index is 11.6. The Hall–Kier alpha value is -2.01.